The Kier molecular flexibility index (Phi) is 5.98. The van der Waals surface area contributed by atoms with Crippen molar-refractivity contribution in [3.8, 4) is 0 Å². The third-order valence-corrected chi connectivity index (χ3v) is 4.98. The van der Waals surface area contributed by atoms with Crippen LogP contribution in [0.5, 0.6) is 0 Å². The van der Waals surface area contributed by atoms with Gasteiger partial charge >= 0.3 is 0 Å². The molecule has 0 unspecified atom stereocenters. The van der Waals surface area contributed by atoms with Gasteiger partial charge in [-0.2, -0.15) is 5.10 Å². The monoisotopic (exact) mass is 487 g/mol. The highest BCUT2D eigenvalue weighted by Gasteiger charge is 2.22. The van der Waals surface area contributed by atoms with Crippen molar-refractivity contribution in [3.63, 3.8) is 0 Å². The van der Waals surface area contributed by atoms with Crippen LogP contribution < -0.4 is 5.32 Å². The predicted octanol–water partition coefficient (Wildman–Crippen LogP) is 4.80. The van der Waals surface area contributed by atoms with E-state index >= 15 is 0 Å². The molecule has 32 heavy (non-hydrogen) atoms. The van der Waals surface area contributed by atoms with Crippen molar-refractivity contribution in [2.75, 3.05) is 5.32 Å². The predicted molar refractivity (Wildman–Crippen MR) is 106 cm³/mol. The van der Waals surface area contributed by atoms with Gasteiger partial charge in [0.25, 0.3) is 18.8 Å². The van der Waals surface area contributed by atoms with Crippen molar-refractivity contribution in [1.82, 2.24) is 29.4 Å². The summed E-state index contributed by atoms with van der Waals surface area (Å²) in [7, 11) is 0. The molecule has 3 heterocycles. The molecule has 1 amide bonds. The smallest absolute Gasteiger partial charge is 0.280 e. The number of nitrogens with one attached hydrogen (secondary N) is 1. The first-order valence-electron chi connectivity index (χ1n) is 8.83. The van der Waals surface area contributed by atoms with Crippen LogP contribution in [0.25, 0.3) is 5.65 Å². The van der Waals surface area contributed by atoms with Gasteiger partial charge in [-0.1, -0.05) is 29.3 Å². The van der Waals surface area contributed by atoms with Gasteiger partial charge in [-0.3, -0.25) is 10.1 Å². The minimum absolute atomic E-state index is 0.0811. The van der Waals surface area contributed by atoms with E-state index in [1.165, 1.54) is 11.0 Å². The third-order valence-electron chi connectivity index (χ3n) is 4.24. The number of benzene rings is 1. The van der Waals surface area contributed by atoms with Crippen LogP contribution in [-0.2, 0) is 6.54 Å². The Morgan fingerprint density at radius 2 is 1.81 bits per heavy atom. The fourth-order valence-electron chi connectivity index (χ4n) is 2.82. The Morgan fingerprint density at radius 1 is 1.03 bits per heavy atom. The van der Waals surface area contributed by atoms with Gasteiger partial charge in [0.2, 0.25) is 5.95 Å². The van der Waals surface area contributed by atoms with E-state index in [2.05, 4.69) is 25.5 Å². The Labute approximate surface area is 186 Å². The number of fused-ring (bicyclic) bond motifs is 1. The summed E-state index contributed by atoms with van der Waals surface area (Å²) in [6.07, 6.45) is -4.81. The standard InChI is InChI=1S/C18H11Cl2F4N7O/c19-9-2-1-8(3-10(9)20)6-30-7-25-18(29-30)27-17(32)12-5-14-26-11(15(21)22)4-13(16(23)24)31(14)28-12/h1-5,7,15-16H,6H2,(H,27,29,32). The molecular weight excluding hydrogens is 477 g/mol. The number of nitrogens with zero attached hydrogens (tertiary/aromatic N) is 6. The van der Waals surface area contributed by atoms with Gasteiger partial charge in [0.1, 0.15) is 17.7 Å². The summed E-state index contributed by atoms with van der Waals surface area (Å²) in [5, 5.41) is 11.0. The lowest BCUT2D eigenvalue weighted by atomic mass is 10.2. The number of amides is 1. The van der Waals surface area contributed by atoms with Gasteiger partial charge in [-0.05, 0) is 23.8 Å². The second kappa shape index (κ2) is 8.71. The number of carbonyl (C=O) groups excluding carboxylic acids is 1. The second-order valence-electron chi connectivity index (χ2n) is 6.48. The first-order chi connectivity index (χ1) is 15.2. The number of halogens is 6. The van der Waals surface area contributed by atoms with Gasteiger partial charge in [-0.15, -0.1) is 5.10 Å². The number of anilines is 1. The second-order valence-corrected chi connectivity index (χ2v) is 7.29. The highest BCUT2D eigenvalue weighted by Crippen LogP contribution is 2.26. The van der Waals surface area contributed by atoms with Crippen LogP contribution in [-0.4, -0.2) is 35.3 Å². The van der Waals surface area contributed by atoms with Crippen LogP contribution in [0.4, 0.5) is 23.5 Å². The van der Waals surface area contributed by atoms with Crippen LogP contribution in [0.1, 0.15) is 40.3 Å². The molecular formula is C18H11Cl2F4N7O. The Balaban J connectivity index is 1.54. The van der Waals surface area contributed by atoms with Crippen LogP contribution in [0.2, 0.25) is 10.0 Å². The molecule has 166 valence electrons. The van der Waals surface area contributed by atoms with Crippen LogP contribution in [0.15, 0.2) is 36.7 Å². The molecule has 1 N–H and O–H groups in total. The lowest BCUT2D eigenvalue weighted by Gasteiger charge is -2.06. The summed E-state index contributed by atoms with van der Waals surface area (Å²) in [6, 6.07) is 6.58. The van der Waals surface area contributed by atoms with Crippen molar-refractivity contribution in [3.05, 3.63) is 69.3 Å². The zero-order chi connectivity index (χ0) is 23.0. The van der Waals surface area contributed by atoms with Crippen molar-refractivity contribution in [1.29, 1.82) is 0 Å². The average Bonchev–Trinajstić information content (AvgIpc) is 3.36. The minimum Gasteiger partial charge on any atom is -0.288 e. The maximum atomic E-state index is 13.3. The fourth-order valence-corrected chi connectivity index (χ4v) is 3.14. The maximum Gasteiger partial charge on any atom is 0.280 e. The highest BCUT2D eigenvalue weighted by molar-refractivity contribution is 6.42. The normalized spacial score (nSPS) is 11.6. The summed E-state index contributed by atoms with van der Waals surface area (Å²) >= 11 is 11.9. The molecule has 0 radical (unpaired) electrons. The minimum atomic E-state index is -3.10. The highest BCUT2D eigenvalue weighted by atomic mass is 35.5. The zero-order valence-electron chi connectivity index (χ0n) is 15.7. The molecule has 0 saturated carbocycles. The molecule has 0 bridgehead atoms. The maximum absolute atomic E-state index is 13.3. The third kappa shape index (κ3) is 4.50. The number of aromatic nitrogens is 6. The summed E-state index contributed by atoms with van der Waals surface area (Å²) in [4.78, 5) is 20.0. The lowest BCUT2D eigenvalue weighted by Crippen LogP contribution is -2.14. The van der Waals surface area contributed by atoms with Crippen LogP contribution >= 0.6 is 23.2 Å². The van der Waals surface area contributed by atoms with E-state index in [1.807, 2.05) is 0 Å². The van der Waals surface area contributed by atoms with Crippen LogP contribution in [0.3, 0.4) is 0 Å². The number of carbonyl (C=O) groups is 1. The number of hydrogen-bond acceptors (Lipinski definition) is 5. The molecule has 0 aliphatic carbocycles. The zero-order valence-corrected chi connectivity index (χ0v) is 17.2. The summed E-state index contributed by atoms with van der Waals surface area (Å²) in [6.45, 7) is 0.284. The van der Waals surface area contributed by atoms with Gasteiger partial charge in [0.15, 0.2) is 11.3 Å². The topological polar surface area (TPSA) is 90.0 Å². The molecule has 4 rings (SSSR count). The Hall–Kier alpha value is -3.25. The lowest BCUT2D eigenvalue weighted by molar-refractivity contribution is 0.101. The van der Waals surface area contributed by atoms with E-state index in [0.717, 1.165) is 11.6 Å². The Bertz CT molecular complexity index is 1310. The first-order valence-corrected chi connectivity index (χ1v) is 9.58. The van der Waals surface area contributed by atoms with E-state index < -0.39 is 30.1 Å². The molecule has 0 spiro atoms. The molecule has 1 aromatic carbocycles. The van der Waals surface area contributed by atoms with E-state index in [4.69, 9.17) is 23.2 Å². The summed E-state index contributed by atoms with van der Waals surface area (Å²) < 4.78 is 54.5. The molecule has 8 nitrogen and oxygen atoms in total. The number of rotatable bonds is 6. The molecule has 4 aromatic rings. The number of hydrogen-bond donors (Lipinski definition) is 1. The van der Waals surface area contributed by atoms with E-state index in [0.29, 0.717) is 20.6 Å². The average molecular weight is 488 g/mol. The quantitative estimate of drug-likeness (QED) is 0.394. The first kappa shape index (κ1) is 22.0. The molecule has 3 aromatic heterocycles. The Morgan fingerprint density at radius 3 is 2.50 bits per heavy atom. The largest absolute Gasteiger partial charge is 0.288 e. The van der Waals surface area contributed by atoms with Gasteiger partial charge in [-0.25, -0.2) is 36.7 Å². The molecule has 14 heteroatoms. The van der Waals surface area contributed by atoms with Crippen molar-refractivity contribution in [2.24, 2.45) is 0 Å². The summed E-state index contributed by atoms with van der Waals surface area (Å²) in [5.74, 6) is -0.913. The fraction of sp³-hybridized carbons (Fsp3) is 0.167. The van der Waals surface area contributed by atoms with Gasteiger partial charge in [0.05, 0.1) is 16.6 Å². The summed E-state index contributed by atoms with van der Waals surface area (Å²) in [5.41, 5.74) is -1.52. The molecule has 0 atom stereocenters. The van der Waals surface area contributed by atoms with Gasteiger partial charge < -0.3 is 0 Å². The van der Waals surface area contributed by atoms with Crippen molar-refractivity contribution < 1.29 is 22.4 Å². The van der Waals surface area contributed by atoms with Crippen molar-refractivity contribution in [2.45, 2.75) is 19.4 Å². The molecule has 0 aliphatic heterocycles. The van der Waals surface area contributed by atoms with E-state index in [-0.39, 0.29) is 23.8 Å². The van der Waals surface area contributed by atoms with Crippen LogP contribution in [0, 0.1) is 0 Å². The van der Waals surface area contributed by atoms with E-state index in [1.54, 1.807) is 18.2 Å². The van der Waals surface area contributed by atoms with Crippen molar-refractivity contribution >= 4 is 40.7 Å². The SMILES string of the molecule is O=C(Nc1ncn(Cc2ccc(Cl)c(Cl)c2)n1)c1cc2nc(C(F)F)cc(C(F)F)n2n1. The molecule has 0 aliphatic rings. The molecule has 0 fully saturated rings. The molecule has 0 saturated heterocycles. The van der Waals surface area contributed by atoms with E-state index in [9.17, 15) is 22.4 Å². The number of alkyl halides is 4. The van der Waals surface area contributed by atoms with Gasteiger partial charge in [0, 0.05) is 6.07 Å².